The molecule has 0 atom stereocenters. The quantitative estimate of drug-likeness (QED) is 0.540. The van der Waals surface area contributed by atoms with Gasteiger partial charge in [-0.25, -0.2) is 14.5 Å². The number of carboxylic acids is 1. The molecule has 1 saturated heterocycles. The van der Waals surface area contributed by atoms with Crippen molar-refractivity contribution in [2.45, 2.75) is 13.3 Å². The van der Waals surface area contributed by atoms with Crippen LogP contribution in [0.3, 0.4) is 0 Å². The summed E-state index contributed by atoms with van der Waals surface area (Å²) in [5, 5.41) is 10.9. The van der Waals surface area contributed by atoms with Crippen molar-refractivity contribution in [3.63, 3.8) is 0 Å². The predicted octanol–water partition coefficient (Wildman–Crippen LogP) is 3.03. The first-order valence-corrected chi connectivity index (χ1v) is 9.32. The van der Waals surface area contributed by atoms with Crippen molar-refractivity contribution in [1.29, 1.82) is 0 Å². The molecule has 0 aromatic heterocycles. The average Bonchev–Trinajstić information content (AvgIpc) is 2.70. The minimum Gasteiger partial charge on any atom is -0.480 e. The second kappa shape index (κ2) is 8.79. The zero-order valence-electron chi connectivity index (χ0n) is 15.8. The van der Waals surface area contributed by atoms with Crippen LogP contribution in [0.4, 0.5) is 10.5 Å². The first-order chi connectivity index (χ1) is 14.3. The van der Waals surface area contributed by atoms with Crippen molar-refractivity contribution in [3.05, 3.63) is 64.2 Å². The number of amides is 4. The first-order valence-electron chi connectivity index (χ1n) is 8.94. The first kappa shape index (κ1) is 21.1. The number of carbonyl (C=O) groups excluding carboxylic acids is 3. The van der Waals surface area contributed by atoms with Gasteiger partial charge in [0.1, 0.15) is 11.3 Å². The van der Waals surface area contributed by atoms with Crippen LogP contribution < -0.4 is 15.0 Å². The van der Waals surface area contributed by atoms with Crippen molar-refractivity contribution in [1.82, 2.24) is 5.32 Å². The molecule has 9 heteroatoms. The number of barbiturate groups is 1. The molecule has 8 nitrogen and oxygen atoms in total. The fourth-order valence-electron chi connectivity index (χ4n) is 2.80. The number of urea groups is 1. The van der Waals surface area contributed by atoms with Gasteiger partial charge in [-0.05, 0) is 47.9 Å². The Morgan fingerprint density at radius 3 is 2.47 bits per heavy atom. The fraction of sp³-hybridized carbons (Fsp3) is 0.143. The molecular weight excluding hydrogens is 412 g/mol. The Balaban J connectivity index is 1.90. The van der Waals surface area contributed by atoms with E-state index in [1.165, 1.54) is 24.3 Å². The van der Waals surface area contributed by atoms with Crippen molar-refractivity contribution in [2.75, 3.05) is 11.5 Å². The van der Waals surface area contributed by atoms with Gasteiger partial charge in [0.25, 0.3) is 11.8 Å². The van der Waals surface area contributed by atoms with E-state index in [9.17, 15) is 19.2 Å². The molecule has 3 rings (SSSR count). The Hall–Kier alpha value is -3.65. The van der Waals surface area contributed by atoms with Crippen LogP contribution in [0.2, 0.25) is 5.02 Å². The number of carbonyl (C=O) groups is 4. The van der Waals surface area contributed by atoms with E-state index in [0.29, 0.717) is 11.3 Å². The number of carboxylic acid groups (broad SMARTS) is 1. The van der Waals surface area contributed by atoms with Crippen LogP contribution in [0.5, 0.6) is 5.75 Å². The van der Waals surface area contributed by atoms with E-state index in [-0.39, 0.29) is 16.3 Å². The lowest BCUT2D eigenvalue weighted by Crippen LogP contribution is -2.54. The Labute approximate surface area is 176 Å². The number of hydrogen-bond acceptors (Lipinski definition) is 5. The Morgan fingerprint density at radius 2 is 1.87 bits per heavy atom. The van der Waals surface area contributed by atoms with E-state index >= 15 is 0 Å². The van der Waals surface area contributed by atoms with Gasteiger partial charge < -0.3 is 9.84 Å². The topological polar surface area (TPSA) is 113 Å². The van der Waals surface area contributed by atoms with Gasteiger partial charge in [-0.1, -0.05) is 36.7 Å². The van der Waals surface area contributed by atoms with Crippen molar-refractivity contribution in [2.24, 2.45) is 0 Å². The molecule has 1 aliphatic heterocycles. The molecule has 0 aliphatic carbocycles. The van der Waals surface area contributed by atoms with Gasteiger partial charge in [0.05, 0.1) is 10.7 Å². The number of aliphatic carboxylic acids is 1. The summed E-state index contributed by atoms with van der Waals surface area (Å²) in [6.45, 7) is 1.42. The summed E-state index contributed by atoms with van der Waals surface area (Å²) in [6.07, 6.45) is 2.10. The summed E-state index contributed by atoms with van der Waals surface area (Å²) in [4.78, 5) is 48.9. The van der Waals surface area contributed by atoms with Gasteiger partial charge in [-0.15, -0.1) is 0 Å². The van der Waals surface area contributed by atoms with Gasteiger partial charge in [-0.3, -0.25) is 14.9 Å². The summed E-state index contributed by atoms with van der Waals surface area (Å²) in [5.74, 6) is -2.60. The SMILES string of the molecule is CCc1ccc(N2C(=O)NC(=O)/C(=C\c3ccc(OCC(=O)O)c(Cl)c3)C2=O)cc1. The van der Waals surface area contributed by atoms with E-state index in [1.807, 2.05) is 6.92 Å². The van der Waals surface area contributed by atoms with E-state index < -0.39 is 30.4 Å². The van der Waals surface area contributed by atoms with Gasteiger partial charge in [0.15, 0.2) is 6.61 Å². The van der Waals surface area contributed by atoms with E-state index in [4.69, 9.17) is 21.4 Å². The monoisotopic (exact) mass is 428 g/mol. The van der Waals surface area contributed by atoms with E-state index in [0.717, 1.165) is 16.9 Å². The van der Waals surface area contributed by atoms with Crippen LogP contribution in [-0.2, 0) is 20.8 Å². The van der Waals surface area contributed by atoms with Crippen LogP contribution >= 0.6 is 11.6 Å². The largest absolute Gasteiger partial charge is 0.480 e. The minimum atomic E-state index is -1.15. The van der Waals surface area contributed by atoms with Crippen LogP contribution in [0.1, 0.15) is 18.1 Å². The average molecular weight is 429 g/mol. The molecule has 154 valence electrons. The van der Waals surface area contributed by atoms with Gasteiger partial charge in [-0.2, -0.15) is 0 Å². The van der Waals surface area contributed by atoms with Crippen molar-refractivity contribution >= 4 is 47.2 Å². The Kier molecular flexibility index (Phi) is 6.17. The molecule has 1 heterocycles. The van der Waals surface area contributed by atoms with Crippen LogP contribution in [0, 0.1) is 0 Å². The maximum absolute atomic E-state index is 12.9. The molecule has 2 aromatic carbocycles. The normalized spacial score (nSPS) is 15.3. The molecule has 0 radical (unpaired) electrons. The maximum Gasteiger partial charge on any atom is 0.341 e. The lowest BCUT2D eigenvalue weighted by molar-refractivity contribution is -0.139. The number of nitrogens with zero attached hydrogens (tertiary/aromatic N) is 1. The van der Waals surface area contributed by atoms with Gasteiger partial charge >= 0.3 is 12.0 Å². The number of anilines is 1. The highest BCUT2D eigenvalue weighted by molar-refractivity contribution is 6.39. The maximum atomic E-state index is 12.9. The molecule has 0 saturated carbocycles. The molecule has 2 N–H and O–H groups in total. The number of hydrogen-bond donors (Lipinski definition) is 2. The van der Waals surface area contributed by atoms with Crippen LogP contribution in [0.15, 0.2) is 48.0 Å². The molecule has 4 amide bonds. The third-order valence-corrected chi connectivity index (χ3v) is 4.62. The summed E-state index contributed by atoms with van der Waals surface area (Å²) in [7, 11) is 0. The highest BCUT2D eigenvalue weighted by Crippen LogP contribution is 2.28. The third kappa shape index (κ3) is 4.49. The van der Waals surface area contributed by atoms with E-state index in [2.05, 4.69) is 5.32 Å². The highest BCUT2D eigenvalue weighted by Gasteiger charge is 2.36. The summed E-state index contributed by atoms with van der Waals surface area (Å²) in [5.41, 5.74) is 1.53. The van der Waals surface area contributed by atoms with Gasteiger partial charge in [0, 0.05) is 0 Å². The summed E-state index contributed by atoms with van der Waals surface area (Å²) >= 11 is 6.08. The molecular formula is C21H17ClN2O6. The second-order valence-electron chi connectivity index (χ2n) is 6.35. The summed E-state index contributed by atoms with van der Waals surface area (Å²) < 4.78 is 5.04. The predicted molar refractivity (Wildman–Crippen MR) is 109 cm³/mol. The highest BCUT2D eigenvalue weighted by atomic mass is 35.5. The molecule has 0 spiro atoms. The molecule has 0 bridgehead atoms. The number of halogens is 1. The molecule has 30 heavy (non-hydrogen) atoms. The smallest absolute Gasteiger partial charge is 0.341 e. The zero-order chi connectivity index (χ0) is 21.8. The summed E-state index contributed by atoms with van der Waals surface area (Å²) in [6, 6.07) is 10.4. The number of nitrogens with one attached hydrogen (secondary N) is 1. The zero-order valence-corrected chi connectivity index (χ0v) is 16.6. The molecule has 2 aromatic rings. The van der Waals surface area contributed by atoms with Crippen LogP contribution in [-0.4, -0.2) is 35.5 Å². The van der Waals surface area contributed by atoms with E-state index in [1.54, 1.807) is 24.3 Å². The fourth-order valence-corrected chi connectivity index (χ4v) is 3.05. The number of aryl methyl sites for hydroxylation is 1. The lowest BCUT2D eigenvalue weighted by Gasteiger charge is -2.26. The molecule has 1 aliphatic rings. The standard InChI is InChI=1S/C21H17ClN2O6/c1-2-12-3-6-14(7-4-12)24-20(28)15(19(27)23-21(24)29)9-13-5-8-17(16(22)10-13)30-11-18(25)26/h3-10H,2,11H2,1H3,(H,25,26)(H,23,27,29)/b15-9+. The minimum absolute atomic E-state index is 0.109. The Morgan fingerprint density at radius 1 is 1.17 bits per heavy atom. The number of rotatable bonds is 6. The van der Waals surface area contributed by atoms with Crippen molar-refractivity contribution in [3.8, 4) is 5.75 Å². The molecule has 1 fully saturated rings. The lowest BCUT2D eigenvalue weighted by atomic mass is 10.1. The van der Waals surface area contributed by atoms with Gasteiger partial charge in [0.2, 0.25) is 0 Å². The molecule has 0 unspecified atom stereocenters. The number of benzene rings is 2. The third-order valence-electron chi connectivity index (χ3n) is 4.32. The van der Waals surface area contributed by atoms with Crippen molar-refractivity contribution < 1.29 is 29.0 Å². The number of imide groups is 2. The second-order valence-corrected chi connectivity index (χ2v) is 6.76. The van der Waals surface area contributed by atoms with Crippen LogP contribution in [0.25, 0.3) is 6.08 Å². The number of ether oxygens (including phenoxy) is 1. The Bertz CT molecular complexity index is 1060.